The first kappa shape index (κ1) is 18.6. The van der Waals surface area contributed by atoms with Gasteiger partial charge in [0.25, 0.3) is 0 Å². The number of halogens is 2. The Morgan fingerprint density at radius 3 is 2.34 bits per heavy atom. The van der Waals surface area contributed by atoms with Crippen molar-refractivity contribution in [2.24, 2.45) is 5.92 Å². The van der Waals surface area contributed by atoms with Crippen molar-refractivity contribution >= 4 is 23.4 Å². The molecule has 0 radical (unpaired) electrons. The molecule has 6 nitrogen and oxygen atoms in total. The van der Waals surface area contributed by atoms with Crippen LogP contribution in [0.1, 0.15) is 44.9 Å². The largest absolute Gasteiger partial charge is 0.442 e. The molecule has 8 heteroatoms. The van der Waals surface area contributed by atoms with Crippen molar-refractivity contribution in [1.29, 1.82) is 0 Å². The monoisotopic (exact) mass is 405 g/mol. The predicted octanol–water partition coefficient (Wildman–Crippen LogP) is 3.34. The van der Waals surface area contributed by atoms with Crippen LogP contribution in [0.25, 0.3) is 0 Å². The number of hydrogen-bond donors (Lipinski definition) is 1. The molecule has 1 aromatic carbocycles. The Bertz CT molecular complexity index is 805. The number of carbonyl (C=O) groups is 2. The SMILES string of the molecule is O=C(NC[C@H]1CN(c2cc(F)c(N3C4CCCC3CC4)c(F)c2)C(=O)O1)C1CC1. The summed E-state index contributed by atoms with van der Waals surface area (Å²) in [6.45, 7) is 0.356. The number of fused-ring (bicyclic) bond motifs is 2. The van der Waals surface area contributed by atoms with Crippen LogP contribution < -0.4 is 15.1 Å². The highest BCUT2D eigenvalue weighted by Crippen LogP contribution is 2.42. The fraction of sp³-hybridized carbons (Fsp3) is 0.619. The quantitative estimate of drug-likeness (QED) is 0.816. The first-order valence-electron chi connectivity index (χ1n) is 10.5. The number of nitrogens with zero attached hydrogens (tertiary/aromatic N) is 2. The van der Waals surface area contributed by atoms with Crippen LogP contribution in [0.5, 0.6) is 0 Å². The van der Waals surface area contributed by atoms with Crippen LogP contribution in [-0.4, -0.2) is 43.3 Å². The van der Waals surface area contributed by atoms with E-state index in [1.807, 2.05) is 4.90 Å². The van der Waals surface area contributed by atoms with Crippen LogP contribution in [-0.2, 0) is 9.53 Å². The van der Waals surface area contributed by atoms with Crippen molar-refractivity contribution in [3.63, 3.8) is 0 Å². The molecule has 29 heavy (non-hydrogen) atoms. The van der Waals surface area contributed by atoms with E-state index in [0.717, 1.165) is 44.9 Å². The van der Waals surface area contributed by atoms with Gasteiger partial charge in [0.2, 0.25) is 5.91 Å². The maximum absolute atomic E-state index is 15.0. The highest BCUT2D eigenvalue weighted by atomic mass is 19.1. The Morgan fingerprint density at radius 1 is 1.07 bits per heavy atom. The third-order valence-electron chi connectivity index (χ3n) is 6.59. The number of anilines is 2. The number of rotatable bonds is 5. The average Bonchev–Trinajstić information content (AvgIpc) is 3.43. The van der Waals surface area contributed by atoms with Gasteiger partial charge in [-0.15, -0.1) is 0 Å². The van der Waals surface area contributed by atoms with E-state index in [1.54, 1.807) is 0 Å². The molecule has 0 aromatic heterocycles. The lowest BCUT2D eigenvalue weighted by Crippen LogP contribution is -2.41. The molecule has 3 saturated heterocycles. The number of hydrogen-bond acceptors (Lipinski definition) is 4. The van der Waals surface area contributed by atoms with Gasteiger partial charge in [0.05, 0.1) is 18.8 Å². The number of cyclic esters (lactones) is 1. The molecule has 2 bridgehead atoms. The lowest BCUT2D eigenvalue weighted by Gasteiger charge is -2.37. The summed E-state index contributed by atoms with van der Waals surface area (Å²) in [6.07, 6.45) is 5.57. The Balaban J connectivity index is 1.31. The second-order valence-electron chi connectivity index (χ2n) is 8.62. The molecule has 4 fully saturated rings. The third kappa shape index (κ3) is 3.42. The fourth-order valence-corrected chi connectivity index (χ4v) is 4.98. The van der Waals surface area contributed by atoms with Gasteiger partial charge >= 0.3 is 6.09 Å². The second kappa shape index (κ2) is 7.15. The van der Waals surface area contributed by atoms with E-state index in [-0.39, 0.29) is 48.4 Å². The molecule has 3 aliphatic heterocycles. The van der Waals surface area contributed by atoms with E-state index in [4.69, 9.17) is 4.74 Å². The number of piperidine rings is 1. The van der Waals surface area contributed by atoms with E-state index in [0.29, 0.717) is 0 Å². The summed E-state index contributed by atoms with van der Waals surface area (Å²) in [7, 11) is 0. The Morgan fingerprint density at radius 2 is 1.72 bits per heavy atom. The molecule has 3 heterocycles. The van der Waals surface area contributed by atoms with E-state index in [1.165, 1.54) is 17.0 Å². The molecule has 2 amide bonds. The van der Waals surface area contributed by atoms with Gasteiger partial charge in [-0.3, -0.25) is 9.69 Å². The molecule has 0 spiro atoms. The Hall–Kier alpha value is -2.38. The van der Waals surface area contributed by atoms with Crippen LogP contribution >= 0.6 is 0 Å². The van der Waals surface area contributed by atoms with Crippen molar-refractivity contribution < 1.29 is 23.1 Å². The van der Waals surface area contributed by atoms with Crippen LogP contribution in [0.4, 0.5) is 25.0 Å². The molecular weight excluding hydrogens is 380 g/mol. The van der Waals surface area contributed by atoms with Gasteiger partial charge in [0.15, 0.2) is 11.6 Å². The van der Waals surface area contributed by atoms with Crippen molar-refractivity contribution in [2.45, 2.75) is 63.1 Å². The van der Waals surface area contributed by atoms with Gasteiger partial charge in [0.1, 0.15) is 11.8 Å². The summed E-state index contributed by atoms with van der Waals surface area (Å²) in [5, 5.41) is 2.77. The molecule has 1 aliphatic carbocycles. The first-order valence-corrected chi connectivity index (χ1v) is 10.5. The predicted molar refractivity (Wildman–Crippen MR) is 103 cm³/mol. The zero-order chi connectivity index (χ0) is 20.1. The van der Waals surface area contributed by atoms with Crippen LogP contribution in [0.2, 0.25) is 0 Å². The van der Waals surface area contributed by atoms with Gasteiger partial charge < -0.3 is 15.0 Å². The number of benzene rings is 1. The number of carbonyl (C=O) groups excluding carboxylic acids is 2. The molecule has 5 rings (SSSR count). The molecule has 3 atom stereocenters. The van der Waals surface area contributed by atoms with Crippen LogP contribution in [0, 0.1) is 17.6 Å². The van der Waals surface area contributed by atoms with Crippen molar-refractivity contribution in [3.05, 3.63) is 23.8 Å². The topological polar surface area (TPSA) is 61.9 Å². The zero-order valence-electron chi connectivity index (χ0n) is 16.2. The minimum Gasteiger partial charge on any atom is -0.442 e. The fourth-order valence-electron chi connectivity index (χ4n) is 4.98. The van der Waals surface area contributed by atoms with Gasteiger partial charge in [0, 0.05) is 30.1 Å². The van der Waals surface area contributed by atoms with Gasteiger partial charge in [-0.1, -0.05) is 0 Å². The van der Waals surface area contributed by atoms with Crippen molar-refractivity contribution in [3.8, 4) is 0 Å². The summed E-state index contributed by atoms with van der Waals surface area (Å²) in [5.41, 5.74) is 0.177. The van der Waals surface area contributed by atoms with E-state index < -0.39 is 23.8 Å². The lowest BCUT2D eigenvalue weighted by atomic mass is 10.0. The smallest absolute Gasteiger partial charge is 0.414 e. The number of amides is 2. The minimum atomic E-state index is -0.653. The Labute approximate surface area is 168 Å². The molecule has 1 aromatic rings. The van der Waals surface area contributed by atoms with Crippen molar-refractivity contribution in [2.75, 3.05) is 22.9 Å². The summed E-state index contributed by atoms with van der Waals surface area (Å²) in [5.74, 6) is -1.24. The van der Waals surface area contributed by atoms with Crippen molar-refractivity contribution in [1.82, 2.24) is 5.32 Å². The minimum absolute atomic E-state index is 0.0294. The summed E-state index contributed by atoms with van der Waals surface area (Å²) in [6, 6.07) is 2.83. The van der Waals surface area contributed by atoms with Gasteiger partial charge in [-0.25, -0.2) is 13.6 Å². The zero-order valence-corrected chi connectivity index (χ0v) is 16.2. The molecule has 4 aliphatic rings. The number of ether oxygens (including phenoxy) is 1. The summed E-state index contributed by atoms with van der Waals surface area (Å²) < 4.78 is 35.2. The molecular formula is C21H25F2N3O3. The standard InChI is InChI=1S/C21H25F2N3O3/c22-17-8-15(9-18(23)19(17)26-13-2-1-3-14(26)7-6-13)25-11-16(29-21(25)28)10-24-20(27)12-4-5-12/h8-9,12-14,16H,1-7,10-11H2,(H,24,27)/t13?,14?,16-/m0/s1. The Kier molecular flexibility index (Phi) is 4.59. The van der Waals surface area contributed by atoms with E-state index in [9.17, 15) is 18.4 Å². The molecule has 1 N–H and O–H groups in total. The summed E-state index contributed by atoms with van der Waals surface area (Å²) >= 11 is 0. The second-order valence-corrected chi connectivity index (χ2v) is 8.62. The van der Waals surface area contributed by atoms with E-state index in [2.05, 4.69) is 5.32 Å². The maximum atomic E-state index is 15.0. The van der Waals surface area contributed by atoms with E-state index >= 15 is 0 Å². The van der Waals surface area contributed by atoms with Gasteiger partial charge in [-0.2, -0.15) is 0 Å². The van der Waals surface area contributed by atoms with Crippen LogP contribution in [0.3, 0.4) is 0 Å². The van der Waals surface area contributed by atoms with Gasteiger partial charge in [-0.05, 0) is 44.9 Å². The lowest BCUT2D eigenvalue weighted by molar-refractivity contribution is -0.122. The maximum Gasteiger partial charge on any atom is 0.414 e. The third-order valence-corrected chi connectivity index (χ3v) is 6.59. The summed E-state index contributed by atoms with van der Waals surface area (Å²) in [4.78, 5) is 27.1. The van der Waals surface area contributed by atoms with Crippen LogP contribution in [0.15, 0.2) is 12.1 Å². The average molecular weight is 405 g/mol. The molecule has 156 valence electrons. The molecule has 2 unspecified atom stereocenters. The highest BCUT2D eigenvalue weighted by Gasteiger charge is 2.40. The molecule has 1 saturated carbocycles. The normalized spacial score (nSPS) is 28.6. The number of nitrogens with one attached hydrogen (secondary N) is 1. The highest BCUT2D eigenvalue weighted by molar-refractivity contribution is 5.90. The first-order chi connectivity index (χ1) is 14.0.